The van der Waals surface area contributed by atoms with Gasteiger partial charge in [-0.1, -0.05) is 36.4 Å². The number of aryl methyl sites for hydroxylation is 1. The molecule has 1 heterocycles. The molecule has 1 aromatic carbocycles. The maximum Gasteiger partial charge on any atom is 0.138 e. The largest absolute Gasteiger partial charge is 0.460 e. The summed E-state index contributed by atoms with van der Waals surface area (Å²) in [5, 5.41) is 0. The Morgan fingerprint density at radius 1 is 1.35 bits per heavy atom. The van der Waals surface area contributed by atoms with Crippen molar-refractivity contribution in [3.63, 3.8) is 0 Å². The van der Waals surface area contributed by atoms with E-state index in [9.17, 15) is 0 Å². The molecule has 104 valence electrons. The number of rotatable bonds is 4. The Bertz CT molecular complexity index is 595. The summed E-state index contributed by atoms with van der Waals surface area (Å²) in [6.07, 6.45) is 6.13. The summed E-state index contributed by atoms with van der Waals surface area (Å²) < 4.78 is 11.8. The van der Waals surface area contributed by atoms with Crippen LogP contribution in [-0.4, -0.2) is 7.11 Å². The van der Waals surface area contributed by atoms with Gasteiger partial charge in [0.1, 0.15) is 11.5 Å². The van der Waals surface area contributed by atoms with E-state index in [2.05, 4.69) is 18.7 Å². The summed E-state index contributed by atoms with van der Waals surface area (Å²) in [4.78, 5) is 0. The molecule has 1 aliphatic carbocycles. The van der Waals surface area contributed by atoms with Gasteiger partial charge in [0.25, 0.3) is 0 Å². The van der Waals surface area contributed by atoms with E-state index in [1.165, 1.54) is 11.1 Å². The van der Waals surface area contributed by atoms with Crippen LogP contribution in [0, 0.1) is 0 Å². The highest BCUT2D eigenvalue weighted by Gasteiger charge is 2.29. The smallest absolute Gasteiger partial charge is 0.138 e. The lowest BCUT2D eigenvalue weighted by Gasteiger charge is -2.21. The Morgan fingerprint density at radius 3 is 2.85 bits per heavy atom. The molecule has 0 saturated heterocycles. The molecule has 1 unspecified atom stereocenters. The van der Waals surface area contributed by atoms with Crippen molar-refractivity contribution in [3.8, 4) is 11.3 Å². The third-order valence-corrected chi connectivity index (χ3v) is 3.99. The zero-order chi connectivity index (χ0) is 13.9. The van der Waals surface area contributed by atoms with Gasteiger partial charge >= 0.3 is 0 Å². The standard InChI is InChI=1S/C18H20O2/c1-3-8-14-17-15(19-2)11-7-12-16(17)20-18(14)13-9-5-4-6-10-13/h3-6,9-10,15H,1,7-8,11-12H2,2H3. The van der Waals surface area contributed by atoms with Gasteiger partial charge in [-0.05, 0) is 19.3 Å². The molecule has 20 heavy (non-hydrogen) atoms. The number of furan rings is 1. The van der Waals surface area contributed by atoms with Gasteiger partial charge in [0.2, 0.25) is 0 Å². The highest BCUT2D eigenvalue weighted by molar-refractivity contribution is 5.65. The van der Waals surface area contributed by atoms with Crippen molar-refractivity contribution in [2.75, 3.05) is 7.11 Å². The minimum absolute atomic E-state index is 0.162. The van der Waals surface area contributed by atoms with E-state index in [4.69, 9.17) is 9.15 Å². The number of methoxy groups -OCH3 is 1. The van der Waals surface area contributed by atoms with Crippen molar-refractivity contribution in [2.24, 2.45) is 0 Å². The summed E-state index contributed by atoms with van der Waals surface area (Å²) >= 11 is 0. The maximum atomic E-state index is 6.18. The fourth-order valence-corrected chi connectivity index (χ4v) is 3.09. The van der Waals surface area contributed by atoms with E-state index >= 15 is 0 Å². The predicted octanol–water partition coefficient (Wildman–Crippen LogP) is 4.70. The Hall–Kier alpha value is -1.80. The van der Waals surface area contributed by atoms with Crippen LogP contribution in [-0.2, 0) is 17.6 Å². The van der Waals surface area contributed by atoms with Crippen molar-refractivity contribution < 1.29 is 9.15 Å². The van der Waals surface area contributed by atoms with Gasteiger partial charge in [-0.25, -0.2) is 0 Å². The fraction of sp³-hybridized carbons (Fsp3) is 0.333. The molecule has 1 aliphatic rings. The molecule has 2 heteroatoms. The Morgan fingerprint density at radius 2 is 2.15 bits per heavy atom. The van der Waals surface area contributed by atoms with Gasteiger partial charge in [-0.15, -0.1) is 6.58 Å². The van der Waals surface area contributed by atoms with E-state index in [0.29, 0.717) is 0 Å². The molecule has 0 radical (unpaired) electrons. The van der Waals surface area contributed by atoms with Crippen LogP contribution in [0.1, 0.15) is 35.8 Å². The highest BCUT2D eigenvalue weighted by atomic mass is 16.5. The maximum absolute atomic E-state index is 6.18. The Kier molecular flexibility index (Phi) is 3.75. The topological polar surface area (TPSA) is 22.4 Å². The lowest BCUT2D eigenvalue weighted by atomic mass is 9.90. The first-order valence-corrected chi connectivity index (χ1v) is 7.18. The molecular formula is C18H20O2. The Balaban J connectivity index is 2.16. The summed E-state index contributed by atoms with van der Waals surface area (Å²) in [6.45, 7) is 3.89. The normalized spacial score (nSPS) is 17.8. The summed E-state index contributed by atoms with van der Waals surface area (Å²) in [7, 11) is 1.78. The summed E-state index contributed by atoms with van der Waals surface area (Å²) in [5.74, 6) is 2.08. The van der Waals surface area contributed by atoms with Gasteiger partial charge < -0.3 is 9.15 Å². The van der Waals surface area contributed by atoms with Crippen molar-refractivity contribution in [2.45, 2.75) is 31.8 Å². The lowest BCUT2D eigenvalue weighted by Crippen LogP contribution is -2.11. The molecule has 0 fully saturated rings. The number of ether oxygens (including phenoxy) is 1. The fourth-order valence-electron chi connectivity index (χ4n) is 3.09. The summed E-state index contributed by atoms with van der Waals surface area (Å²) in [6, 6.07) is 10.3. The predicted molar refractivity (Wildman–Crippen MR) is 80.7 cm³/mol. The van der Waals surface area contributed by atoms with Crippen molar-refractivity contribution in [1.82, 2.24) is 0 Å². The highest BCUT2D eigenvalue weighted by Crippen LogP contribution is 2.41. The van der Waals surface area contributed by atoms with Gasteiger partial charge in [-0.3, -0.25) is 0 Å². The van der Waals surface area contributed by atoms with Crippen molar-refractivity contribution >= 4 is 0 Å². The minimum Gasteiger partial charge on any atom is -0.460 e. The van der Waals surface area contributed by atoms with Crippen LogP contribution in [0.4, 0.5) is 0 Å². The number of fused-ring (bicyclic) bond motifs is 1. The monoisotopic (exact) mass is 268 g/mol. The molecule has 2 nitrogen and oxygen atoms in total. The molecule has 0 spiro atoms. The van der Waals surface area contributed by atoms with Crippen LogP contribution in [0.2, 0.25) is 0 Å². The molecule has 0 aliphatic heterocycles. The zero-order valence-electron chi connectivity index (χ0n) is 11.9. The van der Waals surface area contributed by atoms with Crippen LogP contribution < -0.4 is 0 Å². The number of benzene rings is 1. The summed E-state index contributed by atoms with van der Waals surface area (Å²) in [5.41, 5.74) is 3.64. The van der Waals surface area contributed by atoms with Crippen LogP contribution >= 0.6 is 0 Å². The second-order valence-corrected chi connectivity index (χ2v) is 5.22. The number of hydrogen-bond donors (Lipinski definition) is 0. The molecular weight excluding hydrogens is 248 g/mol. The van der Waals surface area contributed by atoms with Gasteiger partial charge in [0.15, 0.2) is 0 Å². The zero-order valence-corrected chi connectivity index (χ0v) is 11.9. The van der Waals surface area contributed by atoms with Crippen LogP contribution in [0.3, 0.4) is 0 Å². The van der Waals surface area contributed by atoms with Gasteiger partial charge in [-0.2, -0.15) is 0 Å². The van der Waals surface area contributed by atoms with Gasteiger partial charge in [0.05, 0.1) is 6.10 Å². The van der Waals surface area contributed by atoms with Crippen molar-refractivity contribution in [1.29, 1.82) is 0 Å². The molecule has 0 N–H and O–H groups in total. The molecule has 3 rings (SSSR count). The molecule has 1 atom stereocenters. The first-order valence-electron chi connectivity index (χ1n) is 7.18. The van der Waals surface area contributed by atoms with E-state index in [1.54, 1.807) is 7.11 Å². The first kappa shape index (κ1) is 13.2. The van der Waals surface area contributed by atoms with Crippen LogP contribution in [0.25, 0.3) is 11.3 Å². The van der Waals surface area contributed by atoms with Crippen LogP contribution in [0.15, 0.2) is 47.4 Å². The second-order valence-electron chi connectivity index (χ2n) is 5.22. The average Bonchev–Trinajstić information content (AvgIpc) is 2.87. The number of allylic oxidation sites excluding steroid dienone is 1. The second kappa shape index (κ2) is 5.68. The molecule has 1 aromatic heterocycles. The van der Waals surface area contributed by atoms with E-state index < -0.39 is 0 Å². The Labute approximate surface area is 120 Å². The third-order valence-electron chi connectivity index (χ3n) is 3.99. The van der Waals surface area contributed by atoms with Crippen molar-refractivity contribution in [3.05, 3.63) is 59.9 Å². The molecule has 0 saturated carbocycles. The van der Waals surface area contributed by atoms with E-state index in [0.717, 1.165) is 42.8 Å². The third kappa shape index (κ3) is 2.20. The van der Waals surface area contributed by atoms with E-state index in [-0.39, 0.29) is 6.10 Å². The molecule has 2 aromatic rings. The van der Waals surface area contributed by atoms with Crippen LogP contribution in [0.5, 0.6) is 0 Å². The quantitative estimate of drug-likeness (QED) is 0.750. The number of hydrogen-bond acceptors (Lipinski definition) is 2. The molecule has 0 amide bonds. The lowest BCUT2D eigenvalue weighted by molar-refractivity contribution is 0.0852. The SMILES string of the molecule is C=CCc1c(-c2ccccc2)oc2c1C(OC)CCC2. The molecule has 0 bridgehead atoms. The van der Waals surface area contributed by atoms with Gasteiger partial charge in [0, 0.05) is 30.2 Å². The minimum atomic E-state index is 0.162. The first-order chi connectivity index (χ1) is 9.85. The average molecular weight is 268 g/mol. The van der Waals surface area contributed by atoms with E-state index in [1.807, 2.05) is 24.3 Å².